The maximum Gasteiger partial charge on any atom is 0.313 e. The van der Waals surface area contributed by atoms with Crippen molar-refractivity contribution in [2.24, 2.45) is 5.73 Å². The zero-order chi connectivity index (χ0) is 11.4. The van der Waals surface area contributed by atoms with E-state index in [0.29, 0.717) is 11.3 Å². The topological polar surface area (TPSA) is 89.3 Å². The first-order valence-corrected chi connectivity index (χ1v) is 4.22. The largest absolute Gasteiger partial charge is 0.361 e. The van der Waals surface area contributed by atoms with Gasteiger partial charge in [-0.3, -0.25) is 14.4 Å². The predicted molar refractivity (Wildman–Crippen MR) is 54.3 cm³/mol. The molecule has 0 bridgehead atoms. The van der Waals surface area contributed by atoms with Gasteiger partial charge in [0.1, 0.15) is 0 Å². The highest BCUT2D eigenvalue weighted by Gasteiger charge is 2.09. The van der Waals surface area contributed by atoms with Crippen molar-refractivity contribution >= 4 is 23.3 Å². The minimum absolute atomic E-state index is 0.120. The molecule has 0 aliphatic carbocycles. The lowest BCUT2D eigenvalue weighted by molar-refractivity contribution is -0.134. The van der Waals surface area contributed by atoms with Gasteiger partial charge in [0.25, 0.3) is 0 Å². The number of Topliss-reactive ketones (excluding diaryl/α,β-unsaturated/α-hetero) is 1. The summed E-state index contributed by atoms with van der Waals surface area (Å²) in [7, 11) is 0. The first-order valence-electron chi connectivity index (χ1n) is 4.22. The lowest BCUT2D eigenvalue weighted by Gasteiger charge is -2.03. The molecule has 0 spiro atoms. The third-order valence-electron chi connectivity index (χ3n) is 1.75. The molecule has 1 rings (SSSR count). The normalized spacial score (nSPS) is 9.40. The Morgan fingerprint density at radius 3 is 2.47 bits per heavy atom. The number of nitrogens with one attached hydrogen (secondary N) is 1. The number of rotatable bonds is 2. The first-order chi connectivity index (χ1) is 7.00. The average Bonchev–Trinajstić information content (AvgIpc) is 2.18. The molecule has 0 saturated heterocycles. The molecule has 0 radical (unpaired) electrons. The van der Waals surface area contributed by atoms with E-state index in [0.717, 1.165) is 0 Å². The third-order valence-corrected chi connectivity index (χ3v) is 1.75. The Bertz CT molecular complexity index is 426. The molecule has 5 heteroatoms. The highest BCUT2D eigenvalue weighted by molar-refractivity contribution is 6.39. The van der Waals surface area contributed by atoms with Crippen molar-refractivity contribution in [3.05, 3.63) is 29.8 Å². The molecule has 0 aromatic heterocycles. The van der Waals surface area contributed by atoms with Gasteiger partial charge in [0.15, 0.2) is 5.78 Å². The third kappa shape index (κ3) is 2.91. The van der Waals surface area contributed by atoms with Crippen molar-refractivity contribution in [1.29, 1.82) is 0 Å². The molecular weight excluding hydrogens is 196 g/mol. The van der Waals surface area contributed by atoms with E-state index >= 15 is 0 Å². The smallest absolute Gasteiger partial charge is 0.313 e. The fraction of sp³-hybridized carbons (Fsp3) is 0.100. The van der Waals surface area contributed by atoms with Crippen molar-refractivity contribution in [1.82, 2.24) is 0 Å². The summed E-state index contributed by atoms with van der Waals surface area (Å²) < 4.78 is 0. The summed E-state index contributed by atoms with van der Waals surface area (Å²) in [6.45, 7) is 1.41. The van der Waals surface area contributed by atoms with Crippen LogP contribution < -0.4 is 11.1 Å². The molecule has 0 aliphatic rings. The lowest BCUT2D eigenvalue weighted by Crippen LogP contribution is -2.29. The van der Waals surface area contributed by atoms with Crippen LogP contribution in [0.2, 0.25) is 0 Å². The van der Waals surface area contributed by atoms with Gasteiger partial charge in [0, 0.05) is 11.3 Å². The molecule has 2 amide bonds. The first kappa shape index (κ1) is 10.9. The highest BCUT2D eigenvalue weighted by atomic mass is 16.2. The summed E-state index contributed by atoms with van der Waals surface area (Å²) in [4.78, 5) is 32.4. The minimum atomic E-state index is -1.07. The second-order valence-corrected chi connectivity index (χ2v) is 2.96. The number of ketones is 1. The maximum absolute atomic E-state index is 11.0. The highest BCUT2D eigenvalue weighted by Crippen LogP contribution is 2.10. The Labute approximate surface area is 86.3 Å². The summed E-state index contributed by atoms with van der Waals surface area (Å²) in [5.41, 5.74) is 5.59. The van der Waals surface area contributed by atoms with Crippen LogP contribution in [-0.4, -0.2) is 17.6 Å². The quantitative estimate of drug-likeness (QED) is 0.539. The molecule has 0 fully saturated rings. The minimum Gasteiger partial charge on any atom is -0.361 e. The second kappa shape index (κ2) is 4.36. The van der Waals surface area contributed by atoms with Crippen molar-refractivity contribution in [3.63, 3.8) is 0 Å². The average molecular weight is 206 g/mol. The van der Waals surface area contributed by atoms with Crippen LogP contribution in [0.15, 0.2) is 24.3 Å². The van der Waals surface area contributed by atoms with E-state index in [1.165, 1.54) is 13.0 Å². The molecule has 1 aromatic carbocycles. The predicted octanol–water partition coefficient (Wildman–Crippen LogP) is 0.313. The van der Waals surface area contributed by atoms with Crippen molar-refractivity contribution in [2.45, 2.75) is 6.92 Å². The molecule has 15 heavy (non-hydrogen) atoms. The van der Waals surface area contributed by atoms with Gasteiger partial charge in [0.05, 0.1) is 0 Å². The molecular formula is C10H10N2O3. The van der Waals surface area contributed by atoms with Crippen molar-refractivity contribution in [3.8, 4) is 0 Å². The van der Waals surface area contributed by atoms with E-state index < -0.39 is 11.8 Å². The standard InChI is InChI=1S/C10H10N2O3/c1-6(13)7-3-2-4-8(5-7)12-10(15)9(11)14/h2-5H,1H3,(H2,11,14)(H,12,15). The van der Waals surface area contributed by atoms with E-state index in [-0.39, 0.29) is 5.78 Å². The molecule has 78 valence electrons. The van der Waals surface area contributed by atoms with E-state index in [1.54, 1.807) is 18.2 Å². The molecule has 0 unspecified atom stereocenters. The van der Waals surface area contributed by atoms with Gasteiger partial charge in [-0.2, -0.15) is 0 Å². The van der Waals surface area contributed by atoms with Crippen LogP contribution in [0.5, 0.6) is 0 Å². The molecule has 0 saturated carbocycles. The summed E-state index contributed by atoms with van der Waals surface area (Å²) in [5, 5.41) is 2.27. The Balaban J connectivity index is 2.87. The van der Waals surface area contributed by atoms with Gasteiger partial charge in [0.2, 0.25) is 0 Å². The zero-order valence-corrected chi connectivity index (χ0v) is 8.11. The maximum atomic E-state index is 11.0. The second-order valence-electron chi connectivity index (χ2n) is 2.96. The van der Waals surface area contributed by atoms with Crippen LogP contribution in [0.1, 0.15) is 17.3 Å². The Kier molecular flexibility index (Phi) is 3.17. The number of amides is 2. The molecule has 0 aliphatic heterocycles. The lowest BCUT2D eigenvalue weighted by atomic mass is 10.1. The SMILES string of the molecule is CC(=O)c1cccc(NC(=O)C(N)=O)c1. The van der Waals surface area contributed by atoms with Crippen molar-refractivity contribution < 1.29 is 14.4 Å². The fourth-order valence-corrected chi connectivity index (χ4v) is 1.01. The van der Waals surface area contributed by atoms with Crippen LogP contribution in [0.4, 0.5) is 5.69 Å². The van der Waals surface area contributed by atoms with Gasteiger partial charge in [-0.1, -0.05) is 12.1 Å². The molecule has 1 aromatic rings. The number of benzene rings is 1. The van der Waals surface area contributed by atoms with Crippen LogP contribution in [0, 0.1) is 0 Å². The Hall–Kier alpha value is -2.17. The van der Waals surface area contributed by atoms with Crippen molar-refractivity contribution in [2.75, 3.05) is 5.32 Å². The summed E-state index contributed by atoms with van der Waals surface area (Å²) in [6, 6.07) is 6.26. The number of carbonyl (C=O) groups excluding carboxylic acids is 3. The van der Waals surface area contributed by atoms with Gasteiger partial charge < -0.3 is 11.1 Å². The number of hydrogen-bond donors (Lipinski definition) is 2. The van der Waals surface area contributed by atoms with Gasteiger partial charge in [-0.25, -0.2) is 0 Å². The van der Waals surface area contributed by atoms with Crippen LogP contribution in [0.25, 0.3) is 0 Å². The number of nitrogens with two attached hydrogens (primary N) is 1. The zero-order valence-electron chi connectivity index (χ0n) is 8.11. The molecule has 3 N–H and O–H groups in total. The Morgan fingerprint density at radius 1 is 1.27 bits per heavy atom. The Morgan fingerprint density at radius 2 is 1.93 bits per heavy atom. The molecule has 5 nitrogen and oxygen atoms in total. The monoisotopic (exact) mass is 206 g/mol. The molecule has 0 heterocycles. The van der Waals surface area contributed by atoms with E-state index in [4.69, 9.17) is 5.73 Å². The van der Waals surface area contributed by atoms with E-state index in [1.807, 2.05) is 0 Å². The van der Waals surface area contributed by atoms with Gasteiger partial charge >= 0.3 is 11.8 Å². The summed E-state index contributed by atoms with van der Waals surface area (Å²) in [5.74, 6) is -2.09. The van der Waals surface area contributed by atoms with Crippen LogP contribution in [0.3, 0.4) is 0 Å². The van der Waals surface area contributed by atoms with E-state index in [2.05, 4.69) is 5.32 Å². The summed E-state index contributed by atoms with van der Waals surface area (Å²) in [6.07, 6.45) is 0. The summed E-state index contributed by atoms with van der Waals surface area (Å²) >= 11 is 0. The van der Waals surface area contributed by atoms with Crippen LogP contribution in [-0.2, 0) is 9.59 Å². The fourth-order valence-electron chi connectivity index (χ4n) is 1.01. The number of carbonyl (C=O) groups is 3. The van der Waals surface area contributed by atoms with Crippen LogP contribution >= 0.6 is 0 Å². The number of hydrogen-bond acceptors (Lipinski definition) is 3. The molecule has 0 atom stereocenters. The number of primary amides is 1. The van der Waals surface area contributed by atoms with Gasteiger partial charge in [-0.15, -0.1) is 0 Å². The van der Waals surface area contributed by atoms with Gasteiger partial charge in [-0.05, 0) is 19.1 Å². The van der Waals surface area contributed by atoms with E-state index in [9.17, 15) is 14.4 Å². The number of anilines is 1.